The second kappa shape index (κ2) is 6.12. The molecule has 18 heavy (non-hydrogen) atoms. The highest BCUT2D eigenvalue weighted by Crippen LogP contribution is 2.28. The summed E-state index contributed by atoms with van der Waals surface area (Å²) < 4.78 is 0. The maximum atomic E-state index is 3.82. The van der Waals surface area contributed by atoms with E-state index in [0.717, 1.165) is 5.25 Å². The maximum absolute atomic E-state index is 3.82. The Morgan fingerprint density at radius 2 is 2.11 bits per heavy atom. The van der Waals surface area contributed by atoms with E-state index in [9.17, 15) is 0 Å². The molecule has 1 aliphatic rings. The monoisotopic (exact) mass is 263 g/mol. The van der Waals surface area contributed by atoms with Crippen molar-refractivity contribution < 1.29 is 0 Å². The third-order valence-electron chi connectivity index (χ3n) is 3.96. The SMILES string of the molecule is Cc1ccc(C(C)NC2CCCSC2C)c(C)c1. The third kappa shape index (κ3) is 3.30. The first-order valence-electron chi connectivity index (χ1n) is 7.02. The van der Waals surface area contributed by atoms with Gasteiger partial charge < -0.3 is 5.32 Å². The van der Waals surface area contributed by atoms with Gasteiger partial charge in [0.25, 0.3) is 0 Å². The quantitative estimate of drug-likeness (QED) is 0.875. The number of nitrogens with one attached hydrogen (secondary N) is 1. The summed E-state index contributed by atoms with van der Waals surface area (Å²) in [4.78, 5) is 0. The topological polar surface area (TPSA) is 12.0 Å². The van der Waals surface area contributed by atoms with Crippen LogP contribution in [-0.2, 0) is 0 Å². The summed E-state index contributed by atoms with van der Waals surface area (Å²) in [5, 5.41) is 4.57. The second-order valence-electron chi connectivity index (χ2n) is 5.57. The molecule has 1 saturated heterocycles. The Bertz CT molecular complexity index is 402. The van der Waals surface area contributed by atoms with Gasteiger partial charge in [0.15, 0.2) is 0 Å². The van der Waals surface area contributed by atoms with Gasteiger partial charge in [0, 0.05) is 17.3 Å². The fourth-order valence-electron chi connectivity index (χ4n) is 2.86. The third-order valence-corrected chi connectivity index (χ3v) is 5.34. The predicted molar refractivity (Wildman–Crippen MR) is 82.4 cm³/mol. The van der Waals surface area contributed by atoms with Crippen molar-refractivity contribution in [3.8, 4) is 0 Å². The van der Waals surface area contributed by atoms with Gasteiger partial charge in [-0.05, 0) is 50.5 Å². The van der Waals surface area contributed by atoms with Crippen LogP contribution in [0.15, 0.2) is 18.2 Å². The Labute approximate surface area is 116 Å². The number of rotatable bonds is 3. The van der Waals surface area contributed by atoms with Gasteiger partial charge in [-0.2, -0.15) is 11.8 Å². The highest BCUT2D eigenvalue weighted by molar-refractivity contribution is 7.99. The fraction of sp³-hybridized carbons (Fsp3) is 0.625. The van der Waals surface area contributed by atoms with E-state index in [0.29, 0.717) is 12.1 Å². The normalized spacial score (nSPS) is 26.0. The van der Waals surface area contributed by atoms with Gasteiger partial charge in [0.2, 0.25) is 0 Å². The van der Waals surface area contributed by atoms with E-state index in [-0.39, 0.29) is 0 Å². The average Bonchev–Trinajstić information content (AvgIpc) is 2.32. The lowest BCUT2D eigenvalue weighted by Gasteiger charge is -2.32. The van der Waals surface area contributed by atoms with Crippen molar-refractivity contribution in [1.82, 2.24) is 5.32 Å². The Hall–Kier alpha value is -0.470. The number of benzene rings is 1. The Morgan fingerprint density at radius 1 is 1.33 bits per heavy atom. The zero-order chi connectivity index (χ0) is 13.1. The Balaban J connectivity index is 2.04. The number of hydrogen-bond acceptors (Lipinski definition) is 2. The molecule has 100 valence electrons. The molecule has 0 amide bonds. The first kappa shape index (κ1) is 14.0. The molecule has 1 aromatic carbocycles. The molecule has 0 spiro atoms. The minimum atomic E-state index is 0.455. The minimum Gasteiger partial charge on any atom is -0.306 e. The van der Waals surface area contributed by atoms with Crippen LogP contribution in [0.1, 0.15) is 49.4 Å². The number of thioether (sulfide) groups is 1. The van der Waals surface area contributed by atoms with Crippen LogP contribution in [0.2, 0.25) is 0 Å². The predicted octanol–water partition coefficient (Wildman–Crippen LogP) is 4.24. The molecule has 0 aromatic heterocycles. The lowest BCUT2D eigenvalue weighted by molar-refractivity contribution is 0.416. The van der Waals surface area contributed by atoms with Crippen LogP contribution in [0.4, 0.5) is 0 Å². The van der Waals surface area contributed by atoms with Crippen molar-refractivity contribution in [2.24, 2.45) is 0 Å². The fourth-order valence-corrected chi connectivity index (χ4v) is 4.02. The van der Waals surface area contributed by atoms with Crippen molar-refractivity contribution >= 4 is 11.8 Å². The molecule has 3 unspecified atom stereocenters. The van der Waals surface area contributed by atoms with Crippen molar-refractivity contribution in [1.29, 1.82) is 0 Å². The van der Waals surface area contributed by atoms with E-state index in [1.807, 2.05) is 0 Å². The standard InChI is InChI=1S/C16H25NS/c1-11-7-8-15(12(2)10-11)13(3)17-16-6-5-9-18-14(16)4/h7-8,10,13-14,16-17H,5-6,9H2,1-4H3. The Kier molecular flexibility index (Phi) is 4.74. The molecule has 1 nitrogen and oxygen atoms in total. The molecule has 1 fully saturated rings. The van der Waals surface area contributed by atoms with Crippen LogP contribution in [0.3, 0.4) is 0 Å². The molecule has 1 aliphatic heterocycles. The lowest BCUT2D eigenvalue weighted by Crippen LogP contribution is -2.40. The summed E-state index contributed by atoms with van der Waals surface area (Å²) in [7, 11) is 0. The van der Waals surface area contributed by atoms with E-state index < -0.39 is 0 Å². The van der Waals surface area contributed by atoms with Gasteiger partial charge in [-0.25, -0.2) is 0 Å². The molecule has 2 heteroatoms. The first-order chi connectivity index (χ1) is 8.58. The van der Waals surface area contributed by atoms with Gasteiger partial charge in [-0.1, -0.05) is 30.7 Å². The van der Waals surface area contributed by atoms with E-state index in [1.54, 1.807) is 0 Å². The van der Waals surface area contributed by atoms with Gasteiger partial charge >= 0.3 is 0 Å². The minimum absolute atomic E-state index is 0.455. The molecule has 1 aromatic rings. The van der Waals surface area contributed by atoms with Crippen LogP contribution >= 0.6 is 11.8 Å². The van der Waals surface area contributed by atoms with E-state index in [2.05, 4.69) is 63.0 Å². The van der Waals surface area contributed by atoms with E-state index >= 15 is 0 Å². The van der Waals surface area contributed by atoms with Crippen molar-refractivity contribution in [2.45, 2.75) is 57.9 Å². The molecule has 1 heterocycles. The zero-order valence-electron chi connectivity index (χ0n) is 12.0. The average molecular weight is 263 g/mol. The molecule has 3 atom stereocenters. The highest BCUT2D eigenvalue weighted by Gasteiger charge is 2.23. The summed E-state index contributed by atoms with van der Waals surface area (Å²) in [5.74, 6) is 1.33. The number of hydrogen-bond donors (Lipinski definition) is 1. The Morgan fingerprint density at radius 3 is 2.78 bits per heavy atom. The van der Waals surface area contributed by atoms with Gasteiger partial charge in [-0.15, -0.1) is 0 Å². The van der Waals surface area contributed by atoms with Gasteiger partial charge in [0.1, 0.15) is 0 Å². The van der Waals surface area contributed by atoms with Crippen molar-refractivity contribution in [3.05, 3.63) is 34.9 Å². The summed E-state index contributed by atoms with van der Waals surface area (Å²) in [6, 6.07) is 7.91. The van der Waals surface area contributed by atoms with Gasteiger partial charge in [0.05, 0.1) is 0 Å². The summed E-state index contributed by atoms with van der Waals surface area (Å²) >= 11 is 2.11. The molecule has 2 rings (SSSR count). The van der Waals surface area contributed by atoms with Crippen LogP contribution in [0.5, 0.6) is 0 Å². The molecule has 0 bridgehead atoms. The van der Waals surface area contributed by atoms with Gasteiger partial charge in [-0.3, -0.25) is 0 Å². The molecular weight excluding hydrogens is 238 g/mol. The van der Waals surface area contributed by atoms with Crippen molar-refractivity contribution in [3.63, 3.8) is 0 Å². The second-order valence-corrected chi connectivity index (χ2v) is 7.06. The smallest absolute Gasteiger partial charge is 0.0297 e. The molecule has 0 aliphatic carbocycles. The summed E-state index contributed by atoms with van der Waals surface area (Å²) in [6.45, 7) is 9.04. The van der Waals surface area contributed by atoms with Crippen LogP contribution in [0.25, 0.3) is 0 Å². The lowest BCUT2D eigenvalue weighted by atomic mass is 9.98. The maximum Gasteiger partial charge on any atom is 0.0297 e. The van der Waals surface area contributed by atoms with Crippen LogP contribution < -0.4 is 5.32 Å². The highest BCUT2D eigenvalue weighted by atomic mass is 32.2. The zero-order valence-corrected chi connectivity index (χ0v) is 12.8. The van der Waals surface area contributed by atoms with Crippen molar-refractivity contribution in [2.75, 3.05) is 5.75 Å². The van der Waals surface area contributed by atoms with Crippen LogP contribution in [0, 0.1) is 13.8 Å². The van der Waals surface area contributed by atoms with E-state index in [1.165, 1.54) is 35.3 Å². The molecular formula is C16H25NS. The summed E-state index contributed by atoms with van der Waals surface area (Å²) in [6.07, 6.45) is 2.68. The first-order valence-corrected chi connectivity index (χ1v) is 8.07. The summed E-state index contributed by atoms with van der Waals surface area (Å²) in [5.41, 5.74) is 4.21. The number of aryl methyl sites for hydroxylation is 2. The molecule has 0 saturated carbocycles. The van der Waals surface area contributed by atoms with E-state index in [4.69, 9.17) is 0 Å². The van der Waals surface area contributed by atoms with Crippen LogP contribution in [-0.4, -0.2) is 17.0 Å². The molecule has 1 N–H and O–H groups in total. The molecule has 0 radical (unpaired) electrons. The largest absolute Gasteiger partial charge is 0.306 e.